The van der Waals surface area contributed by atoms with Gasteiger partial charge in [-0.1, -0.05) is 60.7 Å². The molecule has 3 nitrogen and oxygen atoms in total. The second-order valence-electron chi connectivity index (χ2n) is 6.20. The van der Waals surface area contributed by atoms with Gasteiger partial charge < -0.3 is 4.57 Å². The van der Waals surface area contributed by atoms with Crippen LogP contribution < -0.4 is 0 Å². The van der Waals surface area contributed by atoms with Gasteiger partial charge >= 0.3 is 0 Å². The number of benzene rings is 2. The summed E-state index contributed by atoms with van der Waals surface area (Å²) in [7, 11) is 0. The summed E-state index contributed by atoms with van der Waals surface area (Å²) >= 11 is 6.58. The molecule has 0 amide bonds. The van der Waals surface area contributed by atoms with Crippen molar-refractivity contribution in [2.75, 3.05) is 0 Å². The Morgan fingerprint density at radius 1 is 0.885 bits per heavy atom. The van der Waals surface area contributed by atoms with Gasteiger partial charge in [-0.3, -0.25) is 4.98 Å². The van der Waals surface area contributed by atoms with Crippen molar-refractivity contribution < 1.29 is 0 Å². The highest BCUT2D eigenvalue weighted by Crippen LogP contribution is 2.35. The molecule has 0 N–H and O–H groups in total. The summed E-state index contributed by atoms with van der Waals surface area (Å²) in [6, 6.07) is 24.6. The van der Waals surface area contributed by atoms with Gasteiger partial charge in [-0.25, -0.2) is 4.98 Å². The number of imidazole rings is 1. The van der Waals surface area contributed by atoms with Gasteiger partial charge in [0.05, 0.1) is 17.9 Å². The molecule has 0 bridgehead atoms. The van der Waals surface area contributed by atoms with E-state index in [-0.39, 0.29) is 0 Å². The highest BCUT2D eigenvalue weighted by atomic mass is 35.5. The van der Waals surface area contributed by atoms with Gasteiger partial charge in [0.25, 0.3) is 0 Å². The van der Waals surface area contributed by atoms with E-state index in [2.05, 4.69) is 33.8 Å². The molecule has 0 saturated carbocycles. The fourth-order valence-corrected chi connectivity index (χ4v) is 3.35. The lowest BCUT2D eigenvalue weighted by atomic mass is 10.0. The predicted octanol–water partition coefficient (Wildman–Crippen LogP) is 5.62. The molecule has 4 aromatic rings. The average molecular weight is 360 g/mol. The number of aryl methyl sites for hydroxylation is 1. The monoisotopic (exact) mass is 359 g/mol. The fraction of sp³-hybridized carbons (Fsp3) is 0.0909. The van der Waals surface area contributed by atoms with Gasteiger partial charge in [-0.05, 0) is 36.2 Å². The van der Waals surface area contributed by atoms with Crippen LogP contribution in [0.4, 0.5) is 0 Å². The zero-order valence-electron chi connectivity index (χ0n) is 14.4. The Morgan fingerprint density at radius 2 is 1.58 bits per heavy atom. The molecule has 0 fully saturated rings. The topological polar surface area (TPSA) is 30.7 Å². The second-order valence-corrected chi connectivity index (χ2v) is 6.54. The fourth-order valence-electron chi connectivity index (χ4n) is 3.12. The zero-order chi connectivity index (χ0) is 17.9. The van der Waals surface area contributed by atoms with Crippen LogP contribution in [0.1, 0.15) is 11.3 Å². The first-order valence-corrected chi connectivity index (χ1v) is 8.88. The normalized spacial score (nSPS) is 10.8. The van der Waals surface area contributed by atoms with Crippen molar-refractivity contribution >= 4 is 11.6 Å². The largest absolute Gasteiger partial charge is 0.310 e. The van der Waals surface area contributed by atoms with Crippen molar-refractivity contribution in [3.8, 4) is 22.5 Å². The number of hydrogen-bond donors (Lipinski definition) is 0. The lowest BCUT2D eigenvalue weighted by Crippen LogP contribution is -2.02. The summed E-state index contributed by atoms with van der Waals surface area (Å²) in [6.07, 6.45) is 1.81. The molecule has 0 aliphatic carbocycles. The summed E-state index contributed by atoms with van der Waals surface area (Å²) in [4.78, 5) is 8.99. The quantitative estimate of drug-likeness (QED) is 0.473. The maximum Gasteiger partial charge on any atom is 0.204 e. The summed E-state index contributed by atoms with van der Waals surface area (Å²) in [6.45, 7) is 2.65. The molecule has 26 heavy (non-hydrogen) atoms. The molecule has 128 valence electrons. The molecule has 2 aromatic carbocycles. The minimum absolute atomic E-state index is 0.483. The Hall–Kier alpha value is -2.91. The highest BCUT2D eigenvalue weighted by Gasteiger charge is 2.19. The first kappa shape index (κ1) is 16.6. The van der Waals surface area contributed by atoms with Gasteiger partial charge in [0.1, 0.15) is 0 Å². The molecule has 2 heterocycles. The highest BCUT2D eigenvalue weighted by molar-refractivity contribution is 6.29. The zero-order valence-corrected chi connectivity index (χ0v) is 15.2. The summed E-state index contributed by atoms with van der Waals surface area (Å²) in [5, 5.41) is 0.483. The van der Waals surface area contributed by atoms with Gasteiger partial charge in [-0.2, -0.15) is 0 Å². The summed E-state index contributed by atoms with van der Waals surface area (Å²) in [5.41, 5.74) is 6.14. The maximum atomic E-state index is 6.58. The second kappa shape index (κ2) is 7.14. The Morgan fingerprint density at radius 3 is 2.27 bits per heavy atom. The van der Waals surface area contributed by atoms with Gasteiger partial charge in [0.15, 0.2) is 0 Å². The van der Waals surface area contributed by atoms with Gasteiger partial charge in [-0.15, -0.1) is 0 Å². The molecular formula is C22H18ClN3. The molecule has 0 spiro atoms. The van der Waals surface area contributed by atoms with Crippen molar-refractivity contribution in [2.24, 2.45) is 0 Å². The standard InChI is InChI=1S/C22H18ClN3/c1-16-14-19(12-13-24-16)20-21(18-10-6-3-7-11-18)26(22(23)25-20)15-17-8-4-2-5-9-17/h2-14H,15H2,1H3. The van der Waals surface area contributed by atoms with E-state index in [9.17, 15) is 0 Å². The van der Waals surface area contributed by atoms with Crippen molar-refractivity contribution in [1.29, 1.82) is 0 Å². The molecule has 0 saturated heterocycles. The first-order chi connectivity index (χ1) is 12.7. The number of halogens is 1. The van der Waals surface area contributed by atoms with Gasteiger partial charge in [0, 0.05) is 23.0 Å². The van der Waals surface area contributed by atoms with Crippen molar-refractivity contribution in [3.05, 3.63) is 95.5 Å². The summed E-state index contributed by atoms with van der Waals surface area (Å²) < 4.78 is 2.07. The van der Waals surface area contributed by atoms with E-state index in [1.54, 1.807) is 0 Å². The number of nitrogens with zero attached hydrogens (tertiary/aromatic N) is 3. The number of rotatable bonds is 4. The van der Waals surface area contributed by atoms with Crippen LogP contribution in [0.2, 0.25) is 5.28 Å². The van der Waals surface area contributed by atoms with Crippen LogP contribution in [0.5, 0.6) is 0 Å². The molecular weight excluding hydrogens is 342 g/mol. The van der Waals surface area contributed by atoms with Crippen LogP contribution in [0, 0.1) is 6.92 Å². The van der Waals surface area contributed by atoms with E-state index >= 15 is 0 Å². The van der Waals surface area contributed by atoms with Gasteiger partial charge in [0.2, 0.25) is 5.28 Å². The van der Waals surface area contributed by atoms with E-state index in [0.717, 1.165) is 28.2 Å². The predicted molar refractivity (Wildman–Crippen MR) is 106 cm³/mol. The van der Waals surface area contributed by atoms with E-state index < -0.39 is 0 Å². The number of aromatic nitrogens is 3. The number of hydrogen-bond acceptors (Lipinski definition) is 2. The molecule has 0 unspecified atom stereocenters. The smallest absolute Gasteiger partial charge is 0.204 e. The van der Waals surface area contributed by atoms with Crippen LogP contribution in [0.15, 0.2) is 79.0 Å². The average Bonchev–Trinajstić information content (AvgIpc) is 3.00. The van der Waals surface area contributed by atoms with Crippen LogP contribution in [0.3, 0.4) is 0 Å². The molecule has 4 heteroatoms. The third kappa shape index (κ3) is 3.26. The SMILES string of the molecule is Cc1cc(-c2nc(Cl)n(Cc3ccccc3)c2-c2ccccc2)ccn1. The molecule has 0 radical (unpaired) electrons. The van der Waals surface area contributed by atoms with E-state index in [4.69, 9.17) is 16.6 Å². The first-order valence-electron chi connectivity index (χ1n) is 8.51. The van der Waals surface area contributed by atoms with Crippen LogP contribution in [-0.2, 0) is 6.54 Å². The van der Waals surface area contributed by atoms with Crippen LogP contribution >= 0.6 is 11.6 Å². The van der Waals surface area contributed by atoms with Crippen LogP contribution in [0.25, 0.3) is 22.5 Å². The van der Waals surface area contributed by atoms with Crippen molar-refractivity contribution in [3.63, 3.8) is 0 Å². The Labute approximate surface area is 157 Å². The van der Waals surface area contributed by atoms with Crippen LogP contribution in [-0.4, -0.2) is 14.5 Å². The van der Waals surface area contributed by atoms with E-state index in [1.165, 1.54) is 5.56 Å². The lowest BCUT2D eigenvalue weighted by Gasteiger charge is -2.12. The minimum atomic E-state index is 0.483. The lowest BCUT2D eigenvalue weighted by molar-refractivity contribution is 0.806. The Bertz CT molecular complexity index is 1020. The molecule has 0 aliphatic rings. The molecule has 0 aliphatic heterocycles. The van der Waals surface area contributed by atoms with E-state index in [1.807, 2.05) is 61.7 Å². The Kier molecular flexibility index (Phi) is 4.55. The number of pyridine rings is 1. The van der Waals surface area contributed by atoms with E-state index in [0.29, 0.717) is 11.8 Å². The molecule has 2 aromatic heterocycles. The molecule has 0 atom stereocenters. The summed E-state index contributed by atoms with van der Waals surface area (Å²) in [5.74, 6) is 0. The minimum Gasteiger partial charge on any atom is -0.310 e. The third-order valence-corrected chi connectivity index (χ3v) is 4.61. The molecule has 4 rings (SSSR count). The van der Waals surface area contributed by atoms with Crippen molar-refractivity contribution in [2.45, 2.75) is 13.5 Å². The van der Waals surface area contributed by atoms with Crippen molar-refractivity contribution in [1.82, 2.24) is 14.5 Å². The third-order valence-electron chi connectivity index (χ3n) is 4.32. The maximum absolute atomic E-state index is 6.58. The Balaban J connectivity index is 1.91.